The third-order valence-electron chi connectivity index (χ3n) is 5.64. The van der Waals surface area contributed by atoms with Crippen LogP contribution in [-0.4, -0.2) is 59.0 Å². The van der Waals surface area contributed by atoms with Crippen molar-refractivity contribution in [1.82, 2.24) is 25.0 Å². The second-order valence-electron chi connectivity index (χ2n) is 7.35. The van der Waals surface area contributed by atoms with E-state index >= 15 is 0 Å². The van der Waals surface area contributed by atoms with Crippen LogP contribution in [0.5, 0.6) is 0 Å². The summed E-state index contributed by atoms with van der Waals surface area (Å²) < 4.78 is 7.17. The number of nitrogens with zero attached hydrogens (tertiary/aromatic N) is 5. The van der Waals surface area contributed by atoms with Gasteiger partial charge in [0.2, 0.25) is 0 Å². The molecule has 2 atom stereocenters. The van der Waals surface area contributed by atoms with Crippen molar-refractivity contribution >= 4 is 29.9 Å². The molecule has 0 aromatic carbocycles. The Hall–Kier alpha value is -0.900. The first-order chi connectivity index (χ1) is 12.2. The maximum absolute atomic E-state index is 5.16. The number of guanidine groups is 1. The van der Waals surface area contributed by atoms with Crippen LogP contribution in [0.2, 0.25) is 0 Å². The molecule has 26 heavy (non-hydrogen) atoms. The topological polar surface area (TPSA) is 67.6 Å². The lowest BCUT2D eigenvalue weighted by atomic mass is 9.82. The number of ether oxygens (including phenoxy) is 1. The van der Waals surface area contributed by atoms with Crippen LogP contribution in [0.15, 0.2) is 4.99 Å². The molecule has 3 rings (SSSR count). The number of methoxy groups -OCH3 is 1. The summed E-state index contributed by atoms with van der Waals surface area (Å²) in [6, 6.07) is 0. The molecule has 7 nitrogen and oxygen atoms in total. The van der Waals surface area contributed by atoms with Gasteiger partial charge in [-0.05, 0) is 38.0 Å². The highest BCUT2D eigenvalue weighted by molar-refractivity contribution is 14.0. The average molecular weight is 476 g/mol. The van der Waals surface area contributed by atoms with Crippen LogP contribution in [-0.2, 0) is 18.3 Å². The van der Waals surface area contributed by atoms with Crippen molar-refractivity contribution in [3.05, 3.63) is 11.6 Å². The van der Waals surface area contributed by atoms with E-state index in [0.29, 0.717) is 6.54 Å². The van der Waals surface area contributed by atoms with Crippen molar-refractivity contribution in [3.63, 3.8) is 0 Å². The van der Waals surface area contributed by atoms with Crippen LogP contribution in [0.1, 0.15) is 43.8 Å². The monoisotopic (exact) mass is 476 g/mol. The second-order valence-corrected chi connectivity index (χ2v) is 7.35. The van der Waals surface area contributed by atoms with Gasteiger partial charge in [0, 0.05) is 40.4 Å². The van der Waals surface area contributed by atoms with Gasteiger partial charge >= 0.3 is 0 Å². The van der Waals surface area contributed by atoms with Gasteiger partial charge in [0.1, 0.15) is 12.4 Å². The number of likely N-dealkylation sites (tertiary alicyclic amines) is 1. The summed E-state index contributed by atoms with van der Waals surface area (Å²) in [7, 11) is 3.74. The molecular formula is C18H33IN6O. The molecule has 2 aliphatic rings. The quantitative estimate of drug-likeness (QED) is 0.296. The number of halogens is 1. The van der Waals surface area contributed by atoms with Crippen LogP contribution in [0, 0.1) is 18.8 Å². The molecule has 1 aromatic heterocycles. The summed E-state index contributed by atoms with van der Waals surface area (Å²) in [6.45, 7) is 6.46. The molecule has 0 amide bonds. The van der Waals surface area contributed by atoms with E-state index < -0.39 is 0 Å². The summed E-state index contributed by atoms with van der Waals surface area (Å²) in [5, 5.41) is 11.9. The SMILES string of the molecule is COCCCNC(=NCc1nnc(C)n1C)N1CC2CCCCC2C1.I. The van der Waals surface area contributed by atoms with Crippen molar-refractivity contribution in [2.45, 2.75) is 45.6 Å². The molecule has 2 unspecified atom stereocenters. The van der Waals surface area contributed by atoms with E-state index in [2.05, 4.69) is 20.4 Å². The van der Waals surface area contributed by atoms with E-state index in [9.17, 15) is 0 Å². The van der Waals surface area contributed by atoms with Crippen molar-refractivity contribution in [2.24, 2.45) is 23.9 Å². The normalized spacial score (nSPS) is 22.9. The van der Waals surface area contributed by atoms with Crippen molar-refractivity contribution < 1.29 is 4.74 Å². The Bertz CT molecular complexity index is 576. The van der Waals surface area contributed by atoms with E-state index in [-0.39, 0.29) is 24.0 Å². The van der Waals surface area contributed by atoms with Gasteiger partial charge in [-0.1, -0.05) is 12.8 Å². The summed E-state index contributed by atoms with van der Waals surface area (Å²) in [6.07, 6.45) is 6.52. The van der Waals surface area contributed by atoms with E-state index in [1.54, 1.807) is 7.11 Å². The highest BCUT2D eigenvalue weighted by atomic mass is 127. The largest absolute Gasteiger partial charge is 0.385 e. The van der Waals surface area contributed by atoms with Gasteiger partial charge in [-0.3, -0.25) is 0 Å². The molecular weight excluding hydrogens is 443 g/mol. The van der Waals surface area contributed by atoms with Gasteiger partial charge in [-0.25, -0.2) is 4.99 Å². The highest BCUT2D eigenvalue weighted by Crippen LogP contribution is 2.35. The first-order valence-electron chi connectivity index (χ1n) is 9.56. The Morgan fingerprint density at radius 3 is 2.50 bits per heavy atom. The summed E-state index contributed by atoms with van der Waals surface area (Å²) in [5.74, 6) is 4.54. The number of nitrogens with one attached hydrogen (secondary N) is 1. The van der Waals surface area contributed by atoms with Crippen LogP contribution in [0.3, 0.4) is 0 Å². The van der Waals surface area contributed by atoms with Crippen molar-refractivity contribution in [1.29, 1.82) is 0 Å². The average Bonchev–Trinajstić information content (AvgIpc) is 3.19. The summed E-state index contributed by atoms with van der Waals surface area (Å²) in [5.41, 5.74) is 0. The number of fused-ring (bicyclic) bond motifs is 1. The minimum Gasteiger partial charge on any atom is -0.385 e. The van der Waals surface area contributed by atoms with Gasteiger partial charge in [-0.2, -0.15) is 0 Å². The van der Waals surface area contributed by atoms with Crippen LogP contribution >= 0.6 is 24.0 Å². The Labute approximate surface area is 174 Å². The van der Waals surface area contributed by atoms with Crippen molar-refractivity contribution in [2.75, 3.05) is 33.4 Å². The fourth-order valence-electron chi connectivity index (χ4n) is 4.00. The van der Waals surface area contributed by atoms with E-state index in [0.717, 1.165) is 62.1 Å². The maximum atomic E-state index is 5.16. The first kappa shape index (κ1) is 21.4. The van der Waals surface area contributed by atoms with E-state index in [1.807, 2.05) is 18.5 Å². The molecule has 1 aromatic rings. The smallest absolute Gasteiger partial charge is 0.194 e. The Balaban J connectivity index is 0.00000243. The Morgan fingerprint density at radius 1 is 1.23 bits per heavy atom. The number of rotatable bonds is 6. The van der Waals surface area contributed by atoms with E-state index in [4.69, 9.17) is 9.73 Å². The molecule has 1 saturated heterocycles. The van der Waals surface area contributed by atoms with E-state index in [1.165, 1.54) is 25.7 Å². The Kier molecular flexibility index (Phi) is 8.59. The van der Waals surface area contributed by atoms with Crippen molar-refractivity contribution in [3.8, 4) is 0 Å². The maximum Gasteiger partial charge on any atom is 0.194 e. The molecule has 0 radical (unpaired) electrons. The molecule has 1 N–H and O–H groups in total. The zero-order valence-electron chi connectivity index (χ0n) is 16.3. The third-order valence-corrected chi connectivity index (χ3v) is 5.64. The summed E-state index contributed by atoms with van der Waals surface area (Å²) >= 11 is 0. The minimum absolute atomic E-state index is 0. The van der Waals surface area contributed by atoms with Crippen LogP contribution < -0.4 is 5.32 Å². The molecule has 148 valence electrons. The Morgan fingerprint density at radius 2 is 1.92 bits per heavy atom. The van der Waals surface area contributed by atoms with Crippen LogP contribution in [0.4, 0.5) is 0 Å². The lowest BCUT2D eigenvalue weighted by molar-refractivity contribution is 0.195. The first-order valence-corrected chi connectivity index (χ1v) is 9.56. The fraction of sp³-hybridized carbons (Fsp3) is 0.833. The number of aryl methyl sites for hydroxylation is 1. The predicted octanol–water partition coefficient (Wildman–Crippen LogP) is 2.35. The predicted molar refractivity (Wildman–Crippen MR) is 114 cm³/mol. The lowest BCUT2D eigenvalue weighted by Crippen LogP contribution is -2.41. The van der Waals surface area contributed by atoms with Gasteiger partial charge in [0.15, 0.2) is 11.8 Å². The van der Waals surface area contributed by atoms with Gasteiger partial charge in [-0.15, -0.1) is 34.2 Å². The number of aromatic nitrogens is 3. The standard InChI is InChI=1S/C18H32N6O.HI/c1-14-21-22-17(23(14)2)11-20-18(19-9-6-10-25-3)24-12-15-7-4-5-8-16(15)13-24;/h15-16H,4-13H2,1-3H3,(H,19,20);1H. The second kappa shape index (κ2) is 10.4. The minimum atomic E-state index is 0. The molecule has 1 aliphatic heterocycles. The molecule has 2 heterocycles. The molecule has 0 spiro atoms. The zero-order chi connectivity index (χ0) is 17.6. The lowest BCUT2D eigenvalue weighted by Gasteiger charge is -2.22. The summed E-state index contributed by atoms with van der Waals surface area (Å²) in [4.78, 5) is 7.33. The highest BCUT2D eigenvalue weighted by Gasteiger charge is 2.35. The van der Waals surface area contributed by atoms with Gasteiger partial charge < -0.3 is 19.5 Å². The van der Waals surface area contributed by atoms with Crippen LogP contribution in [0.25, 0.3) is 0 Å². The fourth-order valence-corrected chi connectivity index (χ4v) is 4.00. The number of hydrogen-bond acceptors (Lipinski definition) is 4. The molecule has 2 fully saturated rings. The number of hydrogen-bond donors (Lipinski definition) is 1. The van der Waals surface area contributed by atoms with Gasteiger partial charge in [0.25, 0.3) is 0 Å². The zero-order valence-corrected chi connectivity index (χ0v) is 18.6. The third kappa shape index (κ3) is 5.31. The molecule has 0 bridgehead atoms. The molecule has 1 saturated carbocycles. The number of aliphatic imine (C=N–C) groups is 1. The van der Waals surface area contributed by atoms with Gasteiger partial charge in [0.05, 0.1) is 0 Å². The molecule has 8 heteroatoms. The molecule has 1 aliphatic carbocycles.